The molecular formula is C14H19F2N3O. The number of nitrogens with one attached hydrogen (secondary N) is 1. The van der Waals surface area contributed by atoms with Crippen molar-refractivity contribution in [1.29, 1.82) is 0 Å². The molecule has 110 valence electrons. The van der Waals surface area contributed by atoms with Gasteiger partial charge >= 0.3 is 0 Å². The molecule has 1 fully saturated rings. The van der Waals surface area contributed by atoms with Gasteiger partial charge in [-0.25, -0.2) is 9.37 Å². The summed E-state index contributed by atoms with van der Waals surface area (Å²) in [7, 11) is 2.10. The Morgan fingerprint density at radius 3 is 2.85 bits per heavy atom. The molecule has 2 heterocycles. The Labute approximate surface area is 117 Å². The number of halogens is 2. The Morgan fingerprint density at radius 2 is 2.15 bits per heavy atom. The van der Waals surface area contributed by atoms with E-state index in [4.69, 9.17) is 0 Å². The predicted molar refractivity (Wildman–Crippen MR) is 71.3 cm³/mol. The average molecular weight is 283 g/mol. The fourth-order valence-electron chi connectivity index (χ4n) is 2.43. The lowest BCUT2D eigenvalue weighted by Crippen LogP contribution is -2.33. The molecule has 0 aromatic carbocycles. The van der Waals surface area contributed by atoms with E-state index in [1.165, 1.54) is 6.07 Å². The molecule has 0 bridgehead atoms. The quantitative estimate of drug-likeness (QED) is 0.857. The average Bonchev–Trinajstić information content (AvgIpc) is 2.44. The van der Waals surface area contributed by atoms with Crippen LogP contribution in [0.3, 0.4) is 0 Å². The van der Waals surface area contributed by atoms with Gasteiger partial charge in [0.15, 0.2) is 5.82 Å². The van der Waals surface area contributed by atoms with Crippen LogP contribution in [0.4, 0.5) is 8.78 Å². The van der Waals surface area contributed by atoms with Crippen LogP contribution in [0.25, 0.3) is 0 Å². The number of pyridine rings is 1. The van der Waals surface area contributed by atoms with Crippen molar-refractivity contribution < 1.29 is 13.6 Å². The summed E-state index contributed by atoms with van der Waals surface area (Å²) >= 11 is 0. The first-order valence-electron chi connectivity index (χ1n) is 6.84. The summed E-state index contributed by atoms with van der Waals surface area (Å²) < 4.78 is 26.3. The largest absolute Gasteiger partial charge is 0.352 e. The summed E-state index contributed by atoms with van der Waals surface area (Å²) in [5.41, 5.74) is -0.291. The first-order chi connectivity index (χ1) is 9.58. The zero-order valence-corrected chi connectivity index (χ0v) is 11.5. The summed E-state index contributed by atoms with van der Waals surface area (Å²) in [6.07, 6.45) is 4.19. The molecule has 0 atom stereocenters. The minimum atomic E-state index is -1.24. The molecule has 0 saturated carbocycles. The van der Waals surface area contributed by atoms with E-state index < -0.39 is 17.7 Å². The molecule has 0 spiro atoms. The Hall–Kier alpha value is -1.56. The number of nitrogens with zero attached hydrogens (tertiary/aromatic N) is 2. The molecular weight excluding hydrogens is 264 g/mol. The Morgan fingerprint density at radius 1 is 1.45 bits per heavy atom. The molecule has 1 aromatic rings. The van der Waals surface area contributed by atoms with Crippen molar-refractivity contribution in [3.63, 3.8) is 0 Å². The first-order valence-corrected chi connectivity index (χ1v) is 6.84. The SMILES string of the molecule is CN1CCC(CCNC(=O)c2ccnc(F)c2F)CC1. The molecule has 1 aromatic heterocycles. The van der Waals surface area contributed by atoms with Crippen molar-refractivity contribution >= 4 is 5.91 Å². The number of aromatic nitrogens is 1. The molecule has 1 N–H and O–H groups in total. The van der Waals surface area contributed by atoms with Gasteiger partial charge in [0, 0.05) is 12.7 Å². The van der Waals surface area contributed by atoms with Gasteiger partial charge in [-0.1, -0.05) is 0 Å². The fraction of sp³-hybridized carbons (Fsp3) is 0.571. The van der Waals surface area contributed by atoms with E-state index in [-0.39, 0.29) is 5.56 Å². The van der Waals surface area contributed by atoms with Gasteiger partial charge in [-0.05, 0) is 51.4 Å². The summed E-state index contributed by atoms with van der Waals surface area (Å²) in [6.45, 7) is 2.63. The summed E-state index contributed by atoms with van der Waals surface area (Å²) in [4.78, 5) is 17.2. The van der Waals surface area contributed by atoms with Gasteiger partial charge < -0.3 is 10.2 Å². The van der Waals surface area contributed by atoms with Crippen molar-refractivity contribution in [3.8, 4) is 0 Å². The van der Waals surface area contributed by atoms with Crippen molar-refractivity contribution in [2.24, 2.45) is 5.92 Å². The standard InChI is InChI=1S/C14H19F2N3O/c1-19-8-4-10(5-9-19)2-6-18-14(20)11-3-7-17-13(16)12(11)15/h3,7,10H,2,4-6,8-9H2,1H3,(H,18,20). The predicted octanol–water partition coefficient (Wildman–Crippen LogP) is 1.82. The smallest absolute Gasteiger partial charge is 0.254 e. The molecule has 0 unspecified atom stereocenters. The van der Waals surface area contributed by atoms with Crippen molar-refractivity contribution in [2.45, 2.75) is 19.3 Å². The van der Waals surface area contributed by atoms with Crippen LogP contribution in [-0.4, -0.2) is 42.5 Å². The van der Waals surface area contributed by atoms with E-state index in [9.17, 15) is 13.6 Å². The highest BCUT2D eigenvalue weighted by atomic mass is 19.2. The summed E-state index contributed by atoms with van der Waals surface area (Å²) in [5, 5.41) is 2.64. The zero-order chi connectivity index (χ0) is 14.5. The number of carbonyl (C=O) groups excluding carboxylic acids is 1. The van der Waals surface area contributed by atoms with E-state index in [2.05, 4.69) is 22.2 Å². The van der Waals surface area contributed by atoms with Gasteiger partial charge in [-0.15, -0.1) is 0 Å². The minimum absolute atomic E-state index is 0.291. The van der Waals surface area contributed by atoms with E-state index in [1.807, 2.05) is 0 Å². The van der Waals surface area contributed by atoms with Crippen LogP contribution in [0.1, 0.15) is 29.6 Å². The molecule has 1 aliphatic rings. The van der Waals surface area contributed by atoms with Crippen LogP contribution < -0.4 is 5.32 Å². The second-order valence-electron chi connectivity index (χ2n) is 5.25. The third kappa shape index (κ3) is 3.72. The molecule has 0 radical (unpaired) electrons. The number of carbonyl (C=O) groups is 1. The molecule has 1 aliphatic heterocycles. The highest BCUT2D eigenvalue weighted by Gasteiger charge is 2.18. The lowest BCUT2D eigenvalue weighted by Gasteiger charge is -2.28. The lowest BCUT2D eigenvalue weighted by molar-refractivity contribution is 0.0943. The lowest BCUT2D eigenvalue weighted by atomic mass is 9.94. The van der Waals surface area contributed by atoms with Gasteiger partial charge in [0.05, 0.1) is 5.56 Å². The van der Waals surface area contributed by atoms with Gasteiger partial charge in [0.1, 0.15) is 0 Å². The van der Waals surface area contributed by atoms with Crippen LogP contribution in [-0.2, 0) is 0 Å². The fourth-order valence-corrected chi connectivity index (χ4v) is 2.43. The van der Waals surface area contributed by atoms with Crippen LogP contribution in [0.15, 0.2) is 12.3 Å². The van der Waals surface area contributed by atoms with Crippen LogP contribution in [0, 0.1) is 17.7 Å². The molecule has 4 nitrogen and oxygen atoms in total. The second-order valence-corrected chi connectivity index (χ2v) is 5.25. The Kier molecular flexibility index (Phi) is 5.00. The highest BCUT2D eigenvalue weighted by molar-refractivity contribution is 5.94. The first kappa shape index (κ1) is 14.8. The summed E-state index contributed by atoms with van der Waals surface area (Å²) in [5.74, 6) is -2.43. The number of likely N-dealkylation sites (tertiary alicyclic amines) is 1. The number of hydrogen-bond donors (Lipinski definition) is 1. The van der Waals surface area contributed by atoms with E-state index >= 15 is 0 Å². The monoisotopic (exact) mass is 283 g/mol. The second kappa shape index (κ2) is 6.74. The molecule has 1 amide bonds. The van der Waals surface area contributed by atoms with Gasteiger partial charge in [0.2, 0.25) is 5.95 Å². The maximum absolute atomic E-state index is 13.4. The third-order valence-corrected chi connectivity index (χ3v) is 3.77. The van der Waals surface area contributed by atoms with Gasteiger partial charge in [-0.3, -0.25) is 4.79 Å². The third-order valence-electron chi connectivity index (χ3n) is 3.77. The molecule has 2 rings (SSSR count). The van der Waals surface area contributed by atoms with Crippen LogP contribution in [0.5, 0.6) is 0 Å². The van der Waals surface area contributed by atoms with Gasteiger partial charge in [0.25, 0.3) is 5.91 Å². The van der Waals surface area contributed by atoms with E-state index in [1.54, 1.807) is 0 Å². The van der Waals surface area contributed by atoms with Crippen LogP contribution >= 0.6 is 0 Å². The van der Waals surface area contributed by atoms with Crippen LogP contribution in [0.2, 0.25) is 0 Å². The summed E-state index contributed by atoms with van der Waals surface area (Å²) in [6, 6.07) is 1.18. The topological polar surface area (TPSA) is 45.2 Å². The van der Waals surface area contributed by atoms with Crippen molar-refractivity contribution in [1.82, 2.24) is 15.2 Å². The zero-order valence-electron chi connectivity index (χ0n) is 11.5. The van der Waals surface area contributed by atoms with Crippen molar-refractivity contribution in [2.75, 3.05) is 26.7 Å². The molecule has 6 heteroatoms. The number of piperidine rings is 1. The maximum Gasteiger partial charge on any atom is 0.254 e. The Bertz CT molecular complexity index is 473. The maximum atomic E-state index is 13.4. The minimum Gasteiger partial charge on any atom is -0.352 e. The number of rotatable bonds is 4. The number of hydrogen-bond acceptors (Lipinski definition) is 3. The highest BCUT2D eigenvalue weighted by Crippen LogP contribution is 2.18. The molecule has 20 heavy (non-hydrogen) atoms. The normalized spacial score (nSPS) is 17.1. The van der Waals surface area contributed by atoms with Gasteiger partial charge in [-0.2, -0.15) is 4.39 Å². The number of amides is 1. The molecule has 1 saturated heterocycles. The van der Waals surface area contributed by atoms with E-state index in [0.29, 0.717) is 12.5 Å². The Balaban J connectivity index is 1.79. The van der Waals surface area contributed by atoms with Crippen molar-refractivity contribution in [3.05, 3.63) is 29.6 Å². The van der Waals surface area contributed by atoms with E-state index in [0.717, 1.165) is 38.5 Å². The molecule has 0 aliphatic carbocycles.